The van der Waals surface area contributed by atoms with Gasteiger partial charge in [0, 0.05) is 50.6 Å². The van der Waals surface area contributed by atoms with Crippen molar-refractivity contribution >= 4 is 17.9 Å². The van der Waals surface area contributed by atoms with Crippen LogP contribution < -0.4 is 14.8 Å². The Morgan fingerprint density at radius 3 is 2.58 bits per heavy atom. The fourth-order valence-electron chi connectivity index (χ4n) is 8.83. The van der Waals surface area contributed by atoms with E-state index in [1.165, 1.54) is 0 Å². The zero-order valence-corrected chi connectivity index (χ0v) is 33.6. The van der Waals surface area contributed by atoms with Crippen LogP contribution in [0.3, 0.4) is 0 Å². The molecule has 5 rings (SSSR count). The van der Waals surface area contributed by atoms with E-state index in [-0.39, 0.29) is 77.0 Å². The molecule has 0 aromatic heterocycles. The van der Waals surface area contributed by atoms with Crippen molar-refractivity contribution in [3.63, 3.8) is 0 Å². The van der Waals surface area contributed by atoms with Gasteiger partial charge in [-0.25, -0.2) is 9.59 Å². The predicted octanol–water partition coefficient (Wildman–Crippen LogP) is 5.42. The van der Waals surface area contributed by atoms with E-state index in [2.05, 4.69) is 18.0 Å². The van der Waals surface area contributed by atoms with E-state index < -0.39 is 36.2 Å². The summed E-state index contributed by atoms with van der Waals surface area (Å²) >= 11 is 0. The molecule has 15 nitrogen and oxygen atoms in total. The molecular weight excluding hydrogens is 738 g/mol. The van der Waals surface area contributed by atoms with Gasteiger partial charge in [-0.2, -0.15) is 0 Å². The first kappa shape index (κ1) is 44.4. The maximum atomic E-state index is 14.1. The monoisotopic (exact) mass is 801 g/mol. The summed E-state index contributed by atoms with van der Waals surface area (Å²) in [6, 6.07) is 4.50. The van der Waals surface area contributed by atoms with Gasteiger partial charge in [-0.05, 0) is 88.0 Å². The maximum Gasteiger partial charge on any atom is 0.412 e. The van der Waals surface area contributed by atoms with Gasteiger partial charge in [0.2, 0.25) is 12.1 Å². The molecule has 4 N–H and O–H groups in total. The van der Waals surface area contributed by atoms with E-state index >= 15 is 0 Å². The summed E-state index contributed by atoms with van der Waals surface area (Å²) in [4.78, 5) is 34.5. The number of ether oxygens (including phenoxy) is 6. The van der Waals surface area contributed by atoms with E-state index in [1.54, 1.807) is 30.0 Å². The highest BCUT2D eigenvalue weighted by molar-refractivity contribution is 6.03. The van der Waals surface area contributed by atoms with E-state index in [9.17, 15) is 24.9 Å². The molecular formula is C42H63N3O12. The molecule has 1 saturated heterocycles. The molecule has 7 unspecified atom stereocenters. The highest BCUT2D eigenvalue weighted by Gasteiger charge is 2.65. The van der Waals surface area contributed by atoms with E-state index in [1.807, 2.05) is 13.0 Å². The minimum Gasteiger partial charge on any atom is -0.459 e. The first-order valence-electron chi connectivity index (χ1n) is 20.8. The van der Waals surface area contributed by atoms with E-state index in [0.717, 1.165) is 49.7 Å². The molecule has 1 saturated carbocycles. The number of carbonyl (C=O) groups excluding carboxylic acids is 2. The Morgan fingerprint density at radius 1 is 1.07 bits per heavy atom. The fourth-order valence-corrected chi connectivity index (χ4v) is 8.83. The normalized spacial score (nSPS) is 27.0. The van der Waals surface area contributed by atoms with Crippen LogP contribution in [0.25, 0.3) is 0 Å². The Balaban J connectivity index is 1.76. The van der Waals surface area contributed by atoms with Gasteiger partial charge in [0.05, 0.1) is 51.3 Å². The highest BCUT2D eigenvalue weighted by Crippen LogP contribution is 2.62. The molecule has 4 aliphatic rings. The topological polar surface area (TPSA) is 187 Å². The number of nitrogens with one attached hydrogen (secondary N) is 1. The van der Waals surface area contributed by atoms with Crippen LogP contribution in [-0.4, -0.2) is 122 Å². The van der Waals surface area contributed by atoms with Gasteiger partial charge in [0.15, 0.2) is 0 Å². The van der Waals surface area contributed by atoms with Crippen molar-refractivity contribution in [1.82, 2.24) is 10.2 Å². The number of carbonyl (C=O) groups is 2. The lowest BCUT2D eigenvalue weighted by molar-refractivity contribution is -0.256. The van der Waals surface area contributed by atoms with Crippen LogP contribution in [0.2, 0.25) is 0 Å². The molecule has 1 aromatic carbocycles. The largest absolute Gasteiger partial charge is 0.459 e. The molecule has 2 aliphatic heterocycles. The second-order valence-corrected chi connectivity index (χ2v) is 14.8. The lowest BCUT2D eigenvalue weighted by Gasteiger charge is -2.59. The minimum atomic E-state index is -1.50. The number of hydrogen-bond donors (Lipinski definition) is 4. The molecule has 2 aliphatic carbocycles. The molecule has 2 fully saturated rings. The number of hydrogen-bond acceptors (Lipinski definition) is 13. The lowest BCUT2D eigenvalue weighted by atomic mass is 9.55. The van der Waals surface area contributed by atoms with Gasteiger partial charge in [0.1, 0.15) is 17.5 Å². The minimum absolute atomic E-state index is 0.0169. The summed E-state index contributed by atoms with van der Waals surface area (Å²) in [5.74, 6) is -1.53. The molecule has 57 heavy (non-hydrogen) atoms. The highest BCUT2D eigenvalue weighted by atomic mass is 16.8. The van der Waals surface area contributed by atoms with Crippen molar-refractivity contribution in [2.24, 2.45) is 22.9 Å². The van der Waals surface area contributed by atoms with Crippen molar-refractivity contribution in [2.45, 2.75) is 102 Å². The first-order chi connectivity index (χ1) is 27.8. The van der Waals surface area contributed by atoms with Gasteiger partial charge < -0.3 is 53.9 Å². The van der Waals surface area contributed by atoms with E-state index in [4.69, 9.17) is 38.4 Å². The zero-order valence-electron chi connectivity index (χ0n) is 33.6. The predicted molar refractivity (Wildman–Crippen MR) is 211 cm³/mol. The van der Waals surface area contributed by atoms with Gasteiger partial charge in [-0.15, -0.1) is 6.58 Å². The Bertz CT molecular complexity index is 1520. The average molecular weight is 802 g/mol. The van der Waals surface area contributed by atoms with Crippen LogP contribution in [-0.2, 0) is 23.8 Å². The first-order valence-corrected chi connectivity index (χ1v) is 20.8. The van der Waals surface area contributed by atoms with Crippen LogP contribution in [0.15, 0.2) is 47.7 Å². The molecule has 1 aromatic rings. The third-order valence-electron chi connectivity index (χ3n) is 11.2. The molecule has 0 radical (unpaired) electrons. The molecule has 318 valence electrons. The third-order valence-corrected chi connectivity index (χ3v) is 11.2. The number of amides is 2. The molecule has 7 atom stereocenters. The number of nitrogens with zero attached hydrogens (tertiary/aromatic N) is 2. The Kier molecular flexibility index (Phi) is 17.5. The number of oxime groups is 1. The molecule has 0 spiro atoms. The molecule has 0 bridgehead atoms. The number of unbranched alkanes of at least 4 members (excludes halogenated alkanes) is 2. The SMILES string of the molecule is C=CCOC12Oc3ccc(OC(=O)NCC)cc3C3C(CCCCO)C(CCCCO)C=C(C(=NOC4CCCCO4)CC1N(CCOCCO)C(=O)OCC)C32. The van der Waals surface area contributed by atoms with Crippen molar-refractivity contribution < 1.29 is 58.2 Å². The third kappa shape index (κ3) is 10.9. The standard InChI is InChI=1S/C42H63N3O12/c1-4-22-54-42-36(45(41(50)52-6-3)18-24-51-25-21-48)28-34(44-57-37-15-9-12-23-53-37)32-26-29(13-7-10-19-46)31(14-8-11-20-47)38(39(32)42)33-27-30(16-17-35(33)56-42)55-40(49)43-5-2/h4,16-17,26-27,29,31,36-39,46-48H,1,5-15,18-25,28H2,2-3H3,(H,43,49). The number of aliphatic hydroxyl groups is 3. The van der Waals surface area contributed by atoms with Crippen LogP contribution in [0.4, 0.5) is 9.59 Å². The second kappa shape index (κ2) is 22.4. The van der Waals surface area contributed by atoms with Gasteiger partial charge >= 0.3 is 12.2 Å². The summed E-state index contributed by atoms with van der Waals surface area (Å²) < 4.78 is 37.2. The lowest BCUT2D eigenvalue weighted by Crippen LogP contribution is -2.70. The van der Waals surface area contributed by atoms with E-state index in [0.29, 0.717) is 49.6 Å². The fraction of sp³-hybridized carbons (Fsp3) is 0.690. The zero-order chi connectivity index (χ0) is 40.6. The van der Waals surface area contributed by atoms with Crippen LogP contribution >= 0.6 is 0 Å². The van der Waals surface area contributed by atoms with Crippen molar-refractivity contribution in [3.05, 3.63) is 48.1 Å². The van der Waals surface area contributed by atoms with Crippen molar-refractivity contribution in [1.29, 1.82) is 0 Å². The summed E-state index contributed by atoms with van der Waals surface area (Å²) in [7, 11) is 0. The summed E-state index contributed by atoms with van der Waals surface area (Å²) in [6.07, 6.45) is 9.29. The number of allylic oxidation sites excluding steroid dienone is 1. The molecule has 2 heterocycles. The summed E-state index contributed by atoms with van der Waals surface area (Å²) in [6.45, 7) is 8.97. The van der Waals surface area contributed by atoms with Crippen LogP contribution in [0, 0.1) is 17.8 Å². The number of fused-ring (bicyclic) bond motifs is 2. The Hall–Kier alpha value is -3.73. The summed E-state index contributed by atoms with van der Waals surface area (Å²) in [5, 5.41) is 36.7. The number of benzene rings is 1. The number of rotatable bonds is 22. The Labute approximate surface area is 336 Å². The Morgan fingerprint density at radius 2 is 1.88 bits per heavy atom. The quantitative estimate of drug-likeness (QED) is 0.0664. The van der Waals surface area contributed by atoms with Crippen LogP contribution in [0.5, 0.6) is 11.5 Å². The number of aliphatic hydroxyl groups excluding tert-OH is 3. The van der Waals surface area contributed by atoms with Crippen LogP contribution in [0.1, 0.15) is 89.5 Å². The summed E-state index contributed by atoms with van der Waals surface area (Å²) in [5.41, 5.74) is 2.30. The van der Waals surface area contributed by atoms with Gasteiger partial charge in [0.25, 0.3) is 0 Å². The van der Waals surface area contributed by atoms with Crippen molar-refractivity contribution in [2.75, 3.05) is 65.9 Å². The molecule has 2 amide bonds. The van der Waals surface area contributed by atoms with Gasteiger partial charge in [-0.1, -0.05) is 30.1 Å². The van der Waals surface area contributed by atoms with Crippen molar-refractivity contribution in [3.8, 4) is 11.5 Å². The smallest absolute Gasteiger partial charge is 0.412 e. The second-order valence-electron chi connectivity index (χ2n) is 14.8. The molecule has 15 heteroatoms. The average Bonchev–Trinajstić information content (AvgIpc) is 3.21. The maximum absolute atomic E-state index is 14.1. The van der Waals surface area contributed by atoms with Gasteiger partial charge in [-0.3, -0.25) is 4.90 Å².